The number of carbonyl (C=O) groups is 3. The number of carboxylic acid groups (broad SMARTS) is 1. The van der Waals surface area contributed by atoms with E-state index >= 15 is 0 Å². The second kappa shape index (κ2) is 4.96. The van der Waals surface area contributed by atoms with Gasteiger partial charge in [0.15, 0.2) is 5.78 Å². The summed E-state index contributed by atoms with van der Waals surface area (Å²) in [6.45, 7) is 1.69. The highest BCUT2D eigenvalue weighted by molar-refractivity contribution is 6.14. The number of carboxylic acids is 1. The molecule has 0 saturated heterocycles. The minimum absolute atomic E-state index is 0.121. The van der Waals surface area contributed by atoms with Crippen molar-refractivity contribution in [3.05, 3.63) is 35.9 Å². The molecule has 0 amide bonds. The number of Topliss-reactive ketones (excluding diaryl/α,β-unsaturated/α-hetero) is 2. The molecule has 0 bridgehead atoms. The number of rotatable bonds is 3. The Morgan fingerprint density at radius 1 is 1.32 bits per heavy atom. The van der Waals surface area contributed by atoms with Gasteiger partial charge in [-0.2, -0.15) is 0 Å². The van der Waals surface area contributed by atoms with E-state index in [2.05, 4.69) is 0 Å². The first-order valence-corrected chi connectivity index (χ1v) is 6.35. The van der Waals surface area contributed by atoms with Crippen molar-refractivity contribution in [2.45, 2.75) is 32.1 Å². The van der Waals surface area contributed by atoms with Crippen LogP contribution in [-0.4, -0.2) is 22.6 Å². The number of aliphatic carboxylic acids is 1. The van der Waals surface area contributed by atoms with Crippen molar-refractivity contribution in [3.8, 4) is 0 Å². The Labute approximate surface area is 111 Å². The summed E-state index contributed by atoms with van der Waals surface area (Å²) >= 11 is 0. The molecule has 2 unspecified atom stereocenters. The molecule has 0 aromatic heterocycles. The molecule has 1 aromatic carbocycles. The summed E-state index contributed by atoms with van der Waals surface area (Å²) in [4.78, 5) is 35.5. The van der Waals surface area contributed by atoms with Crippen molar-refractivity contribution in [2.75, 3.05) is 0 Å². The molecule has 2 rings (SSSR count). The Hall–Kier alpha value is -1.97. The van der Waals surface area contributed by atoms with Gasteiger partial charge in [0.2, 0.25) is 0 Å². The lowest BCUT2D eigenvalue weighted by Crippen LogP contribution is -2.48. The third-order valence-electron chi connectivity index (χ3n) is 4.02. The van der Waals surface area contributed by atoms with E-state index < -0.39 is 23.1 Å². The fraction of sp³-hybridized carbons (Fsp3) is 0.400. The van der Waals surface area contributed by atoms with Gasteiger partial charge in [-0.3, -0.25) is 14.4 Å². The molecule has 100 valence electrons. The molecule has 0 heterocycles. The summed E-state index contributed by atoms with van der Waals surface area (Å²) in [5.74, 6) is -2.33. The molecule has 4 heteroatoms. The lowest BCUT2D eigenvalue weighted by atomic mass is 9.61. The molecule has 0 radical (unpaired) electrons. The van der Waals surface area contributed by atoms with E-state index in [0.717, 1.165) is 5.56 Å². The van der Waals surface area contributed by atoms with Gasteiger partial charge < -0.3 is 5.11 Å². The zero-order valence-corrected chi connectivity index (χ0v) is 10.8. The first-order chi connectivity index (χ1) is 9.02. The highest BCUT2D eigenvalue weighted by Crippen LogP contribution is 2.46. The van der Waals surface area contributed by atoms with Crippen LogP contribution in [0.5, 0.6) is 0 Å². The van der Waals surface area contributed by atoms with E-state index in [4.69, 9.17) is 0 Å². The Bertz CT molecular complexity index is 520. The third kappa shape index (κ3) is 2.07. The molecule has 1 saturated carbocycles. The monoisotopic (exact) mass is 260 g/mol. The van der Waals surface area contributed by atoms with Crippen LogP contribution in [-0.2, 0) is 14.4 Å². The summed E-state index contributed by atoms with van der Waals surface area (Å²) in [5.41, 5.74) is -0.719. The van der Waals surface area contributed by atoms with Crippen LogP contribution in [0.4, 0.5) is 0 Å². The SMILES string of the molecule is CCC1(C(=O)O)C(=O)CC(=O)CC1c1ccccc1. The van der Waals surface area contributed by atoms with E-state index in [0.29, 0.717) is 0 Å². The Kier molecular flexibility index (Phi) is 3.51. The molecule has 19 heavy (non-hydrogen) atoms. The molecule has 0 aliphatic heterocycles. The van der Waals surface area contributed by atoms with Crippen LogP contribution in [0.2, 0.25) is 0 Å². The number of hydrogen-bond donors (Lipinski definition) is 1. The number of carbonyl (C=O) groups excluding carboxylic acids is 2. The lowest BCUT2D eigenvalue weighted by molar-refractivity contribution is -0.160. The zero-order valence-electron chi connectivity index (χ0n) is 10.8. The van der Waals surface area contributed by atoms with Gasteiger partial charge in [-0.05, 0) is 12.0 Å². The Morgan fingerprint density at radius 2 is 1.95 bits per heavy atom. The van der Waals surface area contributed by atoms with Crippen LogP contribution in [0.25, 0.3) is 0 Å². The molecule has 0 spiro atoms. The van der Waals surface area contributed by atoms with Crippen molar-refractivity contribution >= 4 is 17.5 Å². The third-order valence-corrected chi connectivity index (χ3v) is 4.02. The number of hydrogen-bond acceptors (Lipinski definition) is 3. The normalized spacial score (nSPS) is 27.3. The first kappa shape index (κ1) is 13.5. The van der Waals surface area contributed by atoms with Gasteiger partial charge in [-0.25, -0.2) is 0 Å². The maximum absolute atomic E-state index is 12.2. The van der Waals surface area contributed by atoms with Crippen molar-refractivity contribution in [1.82, 2.24) is 0 Å². The summed E-state index contributed by atoms with van der Waals surface area (Å²) in [6.07, 6.45) is 0.0629. The molecule has 1 N–H and O–H groups in total. The van der Waals surface area contributed by atoms with Gasteiger partial charge in [0.25, 0.3) is 0 Å². The fourth-order valence-corrected chi connectivity index (χ4v) is 2.96. The van der Waals surface area contributed by atoms with E-state index in [9.17, 15) is 19.5 Å². The van der Waals surface area contributed by atoms with E-state index in [1.807, 2.05) is 6.07 Å². The number of ketones is 2. The zero-order chi connectivity index (χ0) is 14.0. The smallest absolute Gasteiger partial charge is 0.317 e. The van der Waals surface area contributed by atoms with Gasteiger partial charge in [-0.15, -0.1) is 0 Å². The van der Waals surface area contributed by atoms with Crippen LogP contribution in [0, 0.1) is 5.41 Å². The minimum Gasteiger partial charge on any atom is -0.480 e. The molecular formula is C15H16O4. The Balaban J connectivity index is 2.55. The second-order valence-corrected chi connectivity index (χ2v) is 4.94. The molecule has 1 aliphatic rings. The number of benzene rings is 1. The summed E-state index contributed by atoms with van der Waals surface area (Å²) in [6, 6.07) is 8.97. The first-order valence-electron chi connectivity index (χ1n) is 6.35. The topological polar surface area (TPSA) is 71.4 Å². The molecule has 1 aliphatic carbocycles. The van der Waals surface area contributed by atoms with Gasteiger partial charge in [0, 0.05) is 12.3 Å². The second-order valence-electron chi connectivity index (χ2n) is 4.94. The van der Waals surface area contributed by atoms with Crippen molar-refractivity contribution in [3.63, 3.8) is 0 Å². The maximum atomic E-state index is 12.2. The van der Waals surface area contributed by atoms with Gasteiger partial charge >= 0.3 is 5.97 Å². The quantitative estimate of drug-likeness (QED) is 0.845. The molecule has 1 fully saturated rings. The molecular weight excluding hydrogens is 244 g/mol. The summed E-state index contributed by atoms with van der Waals surface area (Å²) in [7, 11) is 0. The van der Waals surface area contributed by atoms with Crippen LogP contribution in [0.1, 0.15) is 37.7 Å². The maximum Gasteiger partial charge on any atom is 0.317 e. The van der Waals surface area contributed by atoms with Crippen LogP contribution in [0.15, 0.2) is 30.3 Å². The molecule has 4 nitrogen and oxygen atoms in total. The van der Waals surface area contributed by atoms with E-state index in [1.54, 1.807) is 31.2 Å². The van der Waals surface area contributed by atoms with Crippen LogP contribution < -0.4 is 0 Å². The fourth-order valence-electron chi connectivity index (χ4n) is 2.96. The van der Waals surface area contributed by atoms with Crippen molar-refractivity contribution in [2.24, 2.45) is 5.41 Å². The summed E-state index contributed by atoms with van der Waals surface area (Å²) < 4.78 is 0. The highest BCUT2D eigenvalue weighted by atomic mass is 16.4. The predicted octanol–water partition coefficient (Wildman–Crippen LogP) is 2.18. The predicted molar refractivity (Wildman–Crippen MR) is 68.8 cm³/mol. The van der Waals surface area contributed by atoms with E-state index in [1.165, 1.54) is 0 Å². The minimum atomic E-state index is -1.46. The van der Waals surface area contributed by atoms with Gasteiger partial charge in [0.05, 0.1) is 6.42 Å². The van der Waals surface area contributed by atoms with Crippen molar-refractivity contribution < 1.29 is 19.5 Å². The van der Waals surface area contributed by atoms with Gasteiger partial charge in [-0.1, -0.05) is 37.3 Å². The van der Waals surface area contributed by atoms with E-state index in [-0.39, 0.29) is 25.0 Å². The van der Waals surface area contributed by atoms with Crippen molar-refractivity contribution in [1.29, 1.82) is 0 Å². The highest BCUT2D eigenvalue weighted by Gasteiger charge is 2.54. The summed E-state index contributed by atoms with van der Waals surface area (Å²) in [5, 5.41) is 9.55. The average Bonchev–Trinajstić information content (AvgIpc) is 2.39. The lowest BCUT2D eigenvalue weighted by Gasteiger charge is -2.38. The average molecular weight is 260 g/mol. The molecule has 1 aromatic rings. The van der Waals surface area contributed by atoms with Gasteiger partial charge in [0.1, 0.15) is 11.2 Å². The molecule has 2 atom stereocenters. The van der Waals surface area contributed by atoms with Crippen LogP contribution >= 0.6 is 0 Å². The standard InChI is InChI=1S/C15H16O4/c1-2-15(14(18)19)12(8-11(16)9-13(15)17)10-6-4-3-5-7-10/h3-7,12H,2,8-9H2,1H3,(H,18,19). The van der Waals surface area contributed by atoms with Crippen LogP contribution in [0.3, 0.4) is 0 Å². The largest absolute Gasteiger partial charge is 0.480 e. The Morgan fingerprint density at radius 3 is 2.47 bits per heavy atom.